The summed E-state index contributed by atoms with van der Waals surface area (Å²) in [7, 11) is 4.97. The summed E-state index contributed by atoms with van der Waals surface area (Å²) in [4.78, 5) is 32.4. The Morgan fingerprint density at radius 2 is 1.97 bits per heavy atom. The maximum atomic E-state index is 13.2. The molecule has 3 aromatic rings. The number of pyridine rings is 1. The number of aromatic nitrogens is 3. The lowest BCUT2D eigenvalue weighted by atomic mass is 9.94. The van der Waals surface area contributed by atoms with Gasteiger partial charge in [-0.15, -0.1) is 0 Å². The molecule has 0 aliphatic carbocycles. The van der Waals surface area contributed by atoms with Crippen molar-refractivity contribution < 1.29 is 19.1 Å². The van der Waals surface area contributed by atoms with E-state index in [0.717, 1.165) is 40.1 Å². The molecule has 190 valence electrons. The highest BCUT2D eigenvalue weighted by molar-refractivity contribution is 5.92. The van der Waals surface area contributed by atoms with Crippen LogP contribution in [-0.4, -0.2) is 52.2 Å². The Kier molecular flexibility index (Phi) is 7.57. The number of amides is 2. The second-order valence-corrected chi connectivity index (χ2v) is 8.93. The van der Waals surface area contributed by atoms with Gasteiger partial charge in [-0.2, -0.15) is 5.10 Å². The summed E-state index contributed by atoms with van der Waals surface area (Å²) in [6.45, 7) is 5.42. The number of carbonyl (C=O) groups is 2. The van der Waals surface area contributed by atoms with E-state index in [0.29, 0.717) is 43.2 Å². The maximum Gasteiger partial charge on any atom is 0.269 e. The molecule has 0 radical (unpaired) electrons. The normalized spacial score (nSPS) is 12.8. The van der Waals surface area contributed by atoms with Crippen LogP contribution in [0.15, 0.2) is 30.5 Å². The summed E-state index contributed by atoms with van der Waals surface area (Å²) in [5, 5.41) is 7.39. The van der Waals surface area contributed by atoms with Crippen molar-refractivity contribution in [1.82, 2.24) is 25.0 Å². The second-order valence-electron chi connectivity index (χ2n) is 8.93. The number of benzene rings is 1. The number of nitrogens with one attached hydrogen (secondary N) is 1. The van der Waals surface area contributed by atoms with Crippen LogP contribution in [0, 0.1) is 6.92 Å². The summed E-state index contributed by atoms with van der Waals surface area (Å²) in [5.74, 6) is 1.20. The first-order chi connectivity index (χ1) is 17.3. The van der Waals surface area contributed by atoms with Crippen LogP contribution in [0.5, 0.6) is 11.5 Å². The van der Waals surface area contributed by atoms with Gasteiger partial charge >= 0.3 is 0 Å². The molecule has 0 unspecified atom stereocenters. The standard InChI is InChI=1S/C27H33N5O4/c1-6-20-13-24(31(3)30-20)27(34)29-15-23-17(2)28-14-19-16-32(10-9-22(19)23)26(33)12-18-11-21(35-4)7-8-25(18)36-5/h7-8,11,13-14H,6,9-10,12,15-16H2,1-5H3,(H,29,34). The quantitative estimate of drug-likeness (QED) is 0.520. The van der Waals surface area contributed by atoms with Crippen molar-refractivity contribution in [3.8, 4) is 11.5 Å². The van der Waals surface area contributed by atoms with E-state index in [2.05, 4.69) is 15.4 Å². The first-order valence-electron chi connectivity index (χ1n) is 12.1. The molecule has 2 amide bonds. The molecular weight excluding hydrogens is 458 g/mol. The van der Waals surface area contributed by atoms with Gasteiger partial charge in [-0.1, -0.05) is 6.92 Å². The van der Waals surface area contributed by atoms with E-state index in [4.69, 9.17) is 9.47 Å². The third kappa shape index (κ3) is 5.19. The Balaban J connectivity index is 1.47. The second kappa shape index (κ2) is 10.8. The Bertz CT molecular complexity index is 1280. The molecule has 3 heterocycles. The fourth-order valence-electron chi connectivity index (χ4n) is 4.64. The van der Waals surface area contributed by atoms with Crippen LogP contribution in [0.2, 0.25) is 0 Å². The van der Waals surface area contributed by atoms with E-state index in [1.165, 1.54) is 0 Å². The van der Waals surface area contributed by atoms with Gasteiger partial charge in [0.1, 0.15) is 17.2 Å². The largest absolute Gasteiger partial charge is 0.497 e. The monoisotopic (exact) mass is 491 g/mol. The molecular formula is C27H33N5O4. The first kappa shape index (κ1) is 25.2. The van der Waals surface area contributed by atoms with Crippen LogP contribution in [0.3, 0.4) is 0 Å². The van der Waals surface area contributed by atoms with Crippen LogP contribution >= 0.6 is 0 Å². The number of hydrogen-bond donors (Lipinski definition) is 1. The van der Waals surface area contributed by atoms with E-state index < -0.39 is 0 Å². The minimum Gasteiger partial charge on any atom is -0.497 e. The van der Waals surface area contributed by atoms with Crippen LogP contribution in [0.1, 0.15) is 51.1 Å². The predicted molar refractivity (Wildman–Crippen MR) is 135 cm³/mol. The van der Waals surface area contributed by atoms with Crippen LogP contribution in [-0.2, 0) is 44.2 Å². The zero-order chi connectivity index (χ0) is 25.8. The topological polar surface area (TPSA) is 98.6 Å². The number of nitrogens with zero attached hydrogens (tertiary/aromatic N) is 4. The van der Waals surface area contributed by atoms with E-state index >= 15 is 0 Å². The molecule has 1 aliphatic heterocycles. The van der Waals surface area contributed by atoms with E-state index in [1.54, 1.807) is 25.9 Å². The lowest BCUT2D eigenvalue weighted by Gasteiger charge is -2.31. The highest BCUT2D eigenvalue weighted by Crippen LogP contribution is 2.27. The van der Waals surface area contributed by atoms with Gasteiger partial charge in [-0.05, 0) is 60.7 Å². The molecule has 36 heavy (non-hydrogen) atoms. The average Bonchev–Trinajstić information content (AvgIpc) is 3.28. The smallest absolute Gasteiger partial charge is 0.269 e. The molecule has 1 N–H and O–H groups in total. The molecule has 0 saturated heterocycles. The van der Waals surface area contributed by atoms with Gasteiger partial charge < -0.3 is 19.7 Å². The lowest BCUT2D eigenvalue weighted by molar-refractivity contribution is -0.131. The number of hydrogen-bond acceptors (Lipinski definition) is 6. The van der Waals surface area contributed by atoms with Gasteiger partial charge in [-0.3, -0.25) is 19.3 Å². The van der Waals surface area contributed by atoms with Crippen molar-refractivity contribution in [2.75, 3.05) is 20.8 Å². The summed E-state index contributed by atoms with van der Waals surface area (Å²) < 4.78 is 12.4. The molecule has 0 fully saturated rings. The van der Waals surface area contributed by atoms with E-state index in [1.807, 2.05) is 49.2 Å². The van der Waals surface area contributed by atoms with Crippen molar-refractivity contribution >= 4 is 11.8 Å². The fraction of sp³-hybridized carbons (Fsp3) is 0.407. The number of fused-ring (bicyclic) bond motifs is 1. The molecule has 1 aliphatic rings. The van der Waals surface area contributed by atoms with Gasteiger partial charge in [0.05, 0.1) is 26.3 Å². The summed E-state index contributed by atoms with van der Waals surface area (Å²) >= 11 is 0. The van der Waals surface area contributed by atoms with Crippen LogP contribution in [0.4, 0.5) is 0 Å². The van der Waals surface area contributed by atoms with Crippen molar-refractivity contribution in [2.24, 2.45) is 7.05 Å². The Hall–Kier alpha value is -3.88. The minimum atomic E-state index is -0.165. The highest BCUT2D eigenvalue weighted by Gasteiger charge is 2.25. The van der Waals surface area contributed by atoms with Gasteiger partial charge in [0.25, 0.3) is 5.91 Å². The van der Waals surface area contributed by atoms with Gasteiger partial charge in [-0.25, -0.2) is 0 Å². The number of carbonyl (C=O) groups excluding carboxylic acids is 2. The molecule has 0 saturated carbocycles. The highest BCUT2D eigenvalue weighted by atomic mass is 16.5. The Morgan fingerprint density at radius 3 is 2.67 bits per heavy atom. The van der Waals surface area contributed by atoms with E-state index in [9.17, 15) is 9.59 Å². The number of ether oxygens (including phenoxy) is 2. The van der Waals surface area contributed by atoms with Crippen molar-refractivity contribution in [3.63, 3.8) is 0 Å². The zero-order valence-corrected chi connectivity index (χ0v) is 21.6. The third-order valence-electron chi connectivity index (χ3n) is 6.73. The molecule has 9 heteroatoms. The third-order valence-corrected chi connectivity index (χ3v) is 6.73. The summed E-state index contributed by atoms with van der Waals surface area (Å²) in [6, 6.07) is 7.29. The molecule has 2 aromatic heterocycles. The van der Waals surface area contributed by atoms with E-state index in [-0.39, 0.29) is 18.2 Å². The number of aryl methyl sites for hydroxylation is 3. The Labute approximate surface area is 211 Å². The fourth-order valence-corrected chi connectivity index (χ4v) is 4.64. The average molecular weight is 492 g/mol. The molecule has 0 bridgehead atoms. The first-order valence-corrected chi connectivity index (χ1v) is 12.1. The molecule has 1 aromatic carbocycles. The number of rotatable bonds is 8. The SMILES string of the molecule is CCc1cc(C(=O)NCc2c(C)ncc3c2CCN(C(=O)Cc2cc(OC)ccc2OC)C3)n(C)n1. The zero-order valence-electron chi connectivity index (χ0n) is 21.6. The summed E-state index contributed by atoms with van der Waals surface area (Å²) in [5.41, 5.74) is 6.27. The van der Waals surface area contributed by atoms with Crippen LogP contribution < -0.4 is 14.8 Å². The number of methoxy groups -OCH3 is 2. The van der Waals surface area contributed by atoms with Crippen LogP contribution in [0.25, 0.3) is 0 Å². The Morgan fingerprint density at radius 1 is 1.17 bits per heavy atom. The van der Waals surface area contributed by atoms with Gasteiger partial charge in [0, 0.05) is 44.1 Å². The van der Waals surface area contributed by atoms with Crippen molar-refractivity contribution in [2.45, 2.75) is 46.2 Å². The predicted octanol–water partition coefficient (Wildman–Crippen LogP) is 2.76. The van der Waals surface area contributed by atoms with Gasteiger partial charge in [0.2, 0.25) is 5.91 Å². The summed E-state index contributed by atoms with van der Waals surface area (Å²) in [6.07, 6.45) is 3.55. The molecule has 4 rings (SSSR count). The molecule has 9 nitrogen and oxygen atoms in total. The molecule has 0 atom stereocenters. The maximum absolute atomic E-state index is 13.2. The van der Waals surface area contributed by atoms with Crippen molar-refractivity contribution in [1.29, 1.82) is 0 Å². The minimum absolute atomic E-state index is 0.0190. The van der Waals surface area contributed by atoms with Crippen molar-refractivity contribution in [3.05, 3.63) is 69.8 Å². The van der Waals surface area contributed by atoms with Gasteiger partial charge in [0.15, 0.2) is 0 Å². The lowest BCUT2D eigenvalue weighted by Crippen LogP contribution is -2.38. The molecule has 0 spiro atoms.